The molecule has 20 heavy (non-hydrogen) atoms. The minimum atomic E-state index is -0.849. The van der Waals surface area contributed by atoms with E-state index < -0.39 is 11.6 Å². The van der Waals surface area contributed by atoms with Gasteiger partial charge in [0.2, 0.25) is 0 Å². The zero-order chi connectivity index (χ0) is 14.6. The number of ether oxygens (including phenoxy) is 3. The fourth-order valence-corrected chi connectivity index (χ4v) is 2.46. The molecule has 0 spiro atoms. The molecule has 1 saturated heterocycles. The average molecular weight is 345 g/mol. The summed E-state index contributed by atoms with van der Waals surface area (Å²) in [7, 11) is 1.33. The summed E-state index contributed by atoms with van der Waals surface area (Å²) in [5.41, 5.74) is -0.407. The lowest BCUT2D eigenvalue weighted by molar-refractivity contribution is -0.0856. The van der Waals surface area contributed by atoms with Crippen molar-refractivity contribution in [2.24, 2.45) is 0 Å². The second-order valence-electron chi connectivity index (χ2n) is 4.76. The molecule has 0 amide bonds. The van der Waals surface area contributed by atoms with Crippen LogP contribution in [0.3, 0.4) is 0 Å². The molecule has 1 N–H and O–H groups in total. The van der Waals surface area contributed by atoms with E-state index in [2.05, 4.69) is 20.7 Å². The Kier molecular flexibility index (Phi) is 5.01. The molecule has 110 valence electrons. The first-order chi connectivity index (χ1) is 9.54. The Morgan fingerprint density at radius 1 is 1.45 bits per heavy atom. The molecule has 1 aliphatic rings. The minimum absolute atomic E-state index is 0.201. The van der Waals surface area contributed by atoms with Crippen molar-refractivity contribution in [3.8, 4) is 5.75 Å². The Labute approximate surface area is 126 Å². The Morgan fingerprint density at radius 2 is 2.15 bits per heavy atom. The number of benzene rings is 1. The predicted molar refractivity (Wildman–Crippen MR) is 76.0 cm³/mol. The van der Waals surface area contributed by atoms with Gasteiger partial charge in [0.25, 0.3) is 0 Å². The fraction of sp³-hybridized carbons (Fsp3) is 0.500. The number of hydrogen-bond acceptors (Lipinski definition) is 5. The number of hydrogen-bond donors (Lipinski definition) is 1. The Hall–Kier alpha value is -1.11. The van der Waals surface area contributed by atoms with Gasteiger partial charge in [-0.1, -0.05) is 0 Å². The van der Waals surface area contributed by atoms with E-state index in [4.69, 9.17) is 9.47 Å². The zero-order valence-corrected chi connectivity index (χ0v) is 12.8. The van der Waals surface area contributed by atoms with Crippen molar-refractivity contribution in [3.05, 3.63) is 28.2 Å². The first kappa shape index (κ1) is 15.3. The number of carbonyl (C=O) groups is 1. The molecule has 0 saturated carbocycles. The van der Waals surface area contributed by atoms with Gasteiger partial charge in [-0.15, -0.1) is 0 Å². The normalized spacial score (nSPS) is 17.6. The van der Waals surface area contributed by atoms with Gasteiger partial charge in [-0.05, 0) is 34.1 Å². The molecular formula is C14H17BrO5. The molecule has 2 rings (SSSR count). The Balaban J connectivity index is 2.01. The molecular weight excluding hydrogens is 328 g/mol. The van der Waals surface area contributed by atoms with Gasteiger partial charge in [-0.3, -0.25) is 0 Å². The molecule has 5 nitrogen and oxygen atoms in total. The Morgan fingerprint density at radius 3 is 2.75 bits per heavy atom. The van der Waals surface area contributed by atoms with Gasteiger partial charge in [-0.25, -0.2) is 4.79 Å². The lowest BCUT2D eigenvalue weighted by Gasteiger charge is -2.31. The maximum absolute atomic E-state index is 11.4. The first-order valence-corrected chi connectivity index (χ1v) is 7.14. The predicted octanol–water partition coefficient (Wildman–Crippen LogP) is 2.16. The van der Waals surface area contributed by atoms with Crippen LogP contribution in [0.1, 0.15) is 23.2 Å². The molecule has 0 atom stereocenters. The van der Waals surface area contributed by atoms with Crippen molar-refractivity contribution >= 4 is 21.9 Å². The molecule has 0 aliphatic carbocycles. The van der Waals surface area contributed by atoms with E-state index in [9.17, 15) is 9.90 Å². The van der Waals surface area contributed by atoms with Crippen molar-refractivity contribution in [3.63, 3.8) is 0 Å². The second-order valence-corrected chi connectivity index (χ2v) is 5.62. The largest absolute Gasteiger partial charge is 0.489 e. The van der Waals surface area contributed by atoms with E-state index in [0.29, 0.717) is 41.8 Å². The second kappa shape index (κ2) is 6.56. The third-order valence-corrected chi connectivity index (χ3v) is 3.89. The molecule has 0 bridgehead atoms. The molecule has 1 aromatic carbocycles. The van der Waals surface area contributed by atoms with E-state index in [1.807, 2.05) is 0 Å². The summed E-state index contributed by atoms with van der Waals surface area (Å²) < 4.78 is 16.2. The van der Waals surface area contributed by atoms with Gasteiger partial charge in [-0.2, -0.15) is 0 Å². The number of rotatable bonds is 4. The number of halogens is 1. The first-order valence-electron chi connectivity index (χ1n) is 6.35. The van der Waals surface area contributed by atoms with Gasteiger partial charge in [0.15, 0.2) is 0 Å². The van der Waals surface area contributed by atoms with Crippen molar-refractivity contribution in [1.82, 2.24) is 0 Å². The van der Waals surface area contributed by atoms with Gasteiger partial charge in [0.1, 0.15) is 18.0 Å². The van der Waals surface area contributed by atoms with Crippen LogP contribution < -0.4 is 4.74 Å². The molecule has 0 radical (unpaired) electrons. The number of esters is 1. The zero-order valence-electron chi connectivity index (χ0n) is 11.2. The van der Waals surface area contributed by atoms with Crippen molar-refractivity contribution in [1.29, 1.82) is 0 Å². The summed E-state index contributed by atoms with van der Waals surface area (Å²) in [5, 5.41) is 10.3. The van der Waals surface area contributed by atoms with Crippen LogP contribution in [0.4, 0.5) is 0 Å². The smallest absolute Gasteiger partial charge is 0.337 e. The summed E-state index contributed by atoms with van der Waals surface area (Å²) in [6, 6.07) is 4.94. The molecule has 1 heterocycles. The fourth-order valence-electron chi connectivity index (χ4n) is 1.97. The third kappa shape index (κ3) is 3.71. The van der Waals surface area contributed by atoms with Crippen molar-refractivity contribution in [2.75, 3.05) is 26.9 Å². The maximum Gasteiger partial charge on any atom is 0.337 e. The van der Waals surface area contributed by atoms with Gasteiger partial charge < -0.3 is 19.3 Å². The van der Waals surface area contributed by atoms with Gasteiger partial charge >= 0.3 is 5.97 Å². The highest BCUT2D eigenvalue weighted by atomic mass is 79.9. The quantitative estimate of drug-likeness (QED) is 0.848. The molecule has 0 unspecified atom stereocenters. The Bertz CT molecular complexity index is 482. The van der Waals surface area contributed by atoms with E-state index in [-0.39, 0.29) is 6.61 Å². The van der Waals surface area contributed by atoms with Crippen LogP contribution in [0, 0.1) is 0 Å². The highest BCUT2D eigenvalue weighted by Gasteiger charge is 2.30. The van der Waals surface area contributed by atoms with Crippen LogP contribution in [0.15, 0.2) is 22.7 Å². The maximum atomic E-state index is 11.4. The molecule has 1 aromatic rings. The summed E-state index contributed by atoms with van der Waals surface area (Å²) in [4.78, 5) is 11.4. The number of aliphatic hydroxyl groups is 1. The number of carbonyl (C=O) groups excluding carboxylic acids is 1. The summed E-state index contributed by atoms with van der Waals surface area (Å²) in [6.07, 6.45) is 1.12. The highest BCUT2D eigenvalue weighted by molar-refractivity contribution is 9.10. The van der Waals surface area contributed by atoms with E-state index in [1.54, 1.807) is 18.2 Å². The van der Waals surface area contributed by atoms with Crippen molar-refractivity contribution in [2.45, 2.75) is 18.4 Å². The van der Waals surface area contributed by atoms with Gasteiger partial charge in [0, 0.05) is 26.1 Å². The van der Waals surface area contributed by atoms with Crippen LogP contribution in [-0.2, 0) is 9.47 Å². The highest BCUT2D eigenvalue weighted by Crippen LogP contribution is 2.28. The lowest BCUT2D eigenvalue weighted by atomic mass is 9.96. The van der Waals surface area contributed by atoms with Crippen molar-refractivity contribution < 1.29 is 24.1 Å². The van der Waals surface area contributed by atoms with Gasteiger partial charge in [0.05, 0.1) is 17.1 Å². The summed E-state index contributed by atoms with van der Waals surface area (Å²) in [6.45, 7) is 1.29. The average Bonchev–Trinajstić information content (AvgIpc) is 2.46. The van der Waals surface area contributed by atoms with E-state index >= 15 is 0 Å². The van der Waals surface area contributed by atoms with Crippen LogP contribution >= 0.6 is 15.9 Å². The van der Waals surface area contributed by atoms with Crippen LogP contribution in [0.2, 0.25) is 0 Å². The standard InChI is InChI=1S/C14H17BrO5/c1-18-13(16)10-2-3-12(11(15)8-10)20-9-14(17)4-6-19-7-5-14/h2-3,8,17H,4-7,9H2,1H3. The van der Waals surface area contributed by atoms with Crippen LogP contribution in [0.5, 0.6) is 5.75 Å². The third-order valence-electron chi connectivity index (χ3n) is 3.27. The van der Waals surface area contributed by atoms with Crippen LogP contribution in [0.25, 0.3) is 0 Å². The molecule has 0 aromatic heterocycles. The lowest BCUT2D eigenvalue weighted by Crippen LogP contribution is -2.41. The molecule has 1 aliphatic heterocycles. The summed E-state index contributed by atoms with van der Waals surface area (Å²) >= 11 is 3.35. The summed E-state index contributed by atoms with van der Waals surface area (Å²) in [5.74, 6) is 0.179. The number of methoxy groups -OCH3 is 1. The van der Waals surface area contributed by atoms with E-state index in [0.717, 1.165) is 0 Å². The minimum Gasteiger partial charge on any atom is -0.489 e. The monoisotopic (exact) mass is 344 g/mol. The van der Waals surface area contributed by atoms with E-state index in [1.165, 1.54) is 7.11 Å². The molecule has 6 heteroatoms. The molecule has 1 fully saturated rings. The SMILES string of the molecule is COC(=O)c1ccc(OCC2(O)CCOCC2)c(Br)c1. The topological polar surface area (TPSA) is 65.0 Å². The van der Waals surface area contributed by atoms with Crippen LogP contribution in [-0.4, -0.2) is 43.6 Å².